The summed E-state index contributed by atoms with van der Waals surface area (Å²) in [5.41, 5.74) is 2.57. The second-order valence-corrected chi connectivity index (χ2v) is 8.08. The average molecular weight is 401 g/mol. The molecule has 1 unspecified atom stereocenters. The number of rotatable bonds is 10. The number of ether oxygens (including phenoxy) is 1. The molecular weight excluding hydrogens is 376 g/mol. The van der Waals surface area contributed by atoms with Gasteiger partial charge in [-0.1, -0.05) is 49.2 Å². The molecule has 1 aromatic heterocycles. The van der Waals surface area contributed by atoms with Gasteiger partial charge in [0.15, 0.2) is 0 Å². The van der Waals surface area contributed by atoms with Gasteiger partial charge in [-0.2, -0.15) is 0 Å². The molecule has 1 atom stereocenters. The predicted molar refractivity (Wildman–Crippen MR) is 115 cm³/mol. The number of thioether (sulfide) groups is 1. The highest BCUT2D eigenvalue weighted by Crippen LogP contribution is 2.34. The van der Waals surface area contributed by atoms with E-state index in [0.29, 0.717) is 5.25 Å². The van der Waals surface area contributed by atoms with E-state index in [-0.39, 0.29) is 0 Å². The summed E-state index contributed by atoms with van der Waals surface area (Å²) in [4.78, 5) is 4.17. The normalized spacial score (nSPS) is 12.1. The number of hydrogen-bond acceptors (Lipinski definition) is 3. The van der Waals surface area contributed by atoms with E-state index in [1.165, 1.54) is 11.1 Å². The van der Waals surface area contributed by atoms with Crippen LogP contribution in [-0.4, -0.2) is 16.2 Å². The van der Waals surface area contributed by atoms with E-state index in [1.54, 1.807) is 0 Å². The first-order valence-corrected chi connectivity index (χ1v) is 10.7. The maximum Gasteiger partial charge on any atom is 0.119 e. The fourth-order valence-corrected chi connectivity index (χ4v) is 4.07. The van der Waals surface area contributed by atoms with Crippen LogP contribution in [0, 0.1) is 0 Å². The third-order valence-corrected chi connectivity index (χ3v) is 5.89. The summed E-state index contributed by atoms with van der Waals surface area (Å²) in [6.45, 7) is 3.83. The summed E-state index contributed by atoms with van der Waals surface area (Å²) >= 11 is 7.92. The first-order valence-electron chi connectivity index (χ1n) is 9.29. The molecule has 0 bridgehead atoms. The van der Waals surface area contributed by atoms with Crippen molar-refractivity contribution in [3.05, 3.63) is 83.4 Å². The third kappa shape index (κ3) is 6.33. The van der Waals surface area contributed by atoms with Gasteiger partial charge in [-0.15, -0.1) is 11.8 Å². The minimum Gasteiger partial charge on any atom is -0.494 e. The third-order valence-electron chi connectivity index (χ3n) is 4.32. The Balaban J connectivity index is 1.68. The lowest BCUT2D eigenvalue weighted by molar-refractivity contribution is 0.309. The smallest absolute Gasteiger partial charge is 0.119 e. The Morgan fingerprint density at radius 1 is 1.11 bits per heavy atom. The van der Waals surface area contributed by atoms with Crippen LogP contribution in [-0.2, 0) is 12.3 Å². The largest absolute Gasteiger partial charge is 0.494 e. The molecule has 0 aliphatic carbocycles. The van der Waals surface area contributed by atoms with Crippen LogP contribution >= 0.6 is 23.4 Å². The van der Waals surface area contributed by atoms with Gasteiger partial charge in [0.2, 0.25) is 0 Å². The second kappa shape index (κ2) is 10.4. The van der Waals surface area contributed by atoms with Gasteiger partial charge in [-0.05, 0) is 41.8 Å². The van der Waals surface area contributed by atoms with Crippen molar-refractivity contribution in [2.24, 2.45) is 0 Å². The summed E-state index contributed by atoms with van der Waals surface area (Å²) in [5, 5.41) is 1.11. The molecule has 0 fully saturated rings. The van der Waals surface area contributed by atoms with Crippen LogP contribution in [0.5, 0.6) is 5.75 Å². The van der Waals surface area contributed by atoms with Gasteiger partial charge >= 0.3 is 0 Å². The zero-order valence-corrected chi connectivity index (χ0v) is 17.1. The summed E-state index contributed by atoms with van der Waals surface area (Å²) in [5.74, 6) is 1.88. The van der Waals surface area contributed by atoms with Crippen molar-refractivity contribution in [2.45, 2.75) is 37.3 Å². The highest BCUT2D eigenvalue weighted by molar-refractivity contribution is 7.98. The van der Waals surface area contributed by atoms with Gasteiger partial charge < -0.3 is 9.30 Å². The van der Waals surface area contributed by atoms with Crippen molar-refractivity contribution in [1.82, 2.24) is 9.55 Å². The Hall–Kier alpha value is -1.91. The molecule has 2 aromatic carbocycles. The van der Waals surface area contributed by atoms with Crippen molar-refractivity contribution < 1.29 is 4.74 Å². The van der Waals surface area contributed by atoms with E-state index < -0.39 is 0 Å². The van der Waals surface area contributed by atoms with E-state index in [1.807, 2.05) is 42.6 Å². The fourth-order valence-electron chi connectivity index (χ4n) is 2.73. The Morgan fingerprint density at radius 3 is 2.56 bits per heavy atom. The molecule has 142 valence electrons. The average Bonchev–Trinajstić information content (AvgIpc) is 3.20. The lowest BCUT2D eigenvalue weighted by atomic mass is 10.1. The van der Waals surface area contributed by atoms with Gasteiger partial charge in [0, 0.05) is 35.0 Å². The highest BCUT2D eigenvalue weighted by Gasteiger charge is 2.14. The summed E-state index contributed by atoms with van der Waals surface area (Å²) in [6.07, 6.45) is 7.94. The Kier molecular flexibility index (Phi) is 7.66. The van der Waals surface area contributed by atoms with Crippen molar-refractivity contribution >= 4 is 23.4 Å². The number of imidazole rings is 1. The molecule has 0 amide bonds. The molecule has 0 radical (unpaired) electrons. The first-order chi connectivity index (χ1) is 13.2. The molecule has 0 aliphatic rings. The van der Waals surface area contributed by atoms with Crippen LogP contribution < -0.4 is 4.74 Å². The van der Waals surface area contributed by atoms with Crippen molar-refractivity contribution in [1.29, 1.82) is 0 Å². The summed E-state index contributed by atoms with van der Waals surface area (Å²) < 4.78 is 7.92. The van der Waals surface area contributed by atoms with Gasteiger partial charge in [-0.3, -0.25) is 0 Å². The molecule has 0 N–H and O–H groups in total. The molecule has 0 saturated carbocycles. The number of nitrogens with zero attached hydrogens (tertiary/aromatic N) is 2. The van der Waals surface area contributed by atoms with Crippen molar-refractivity contribution in [3.63, 3.8) is 0 Å². The number of hydrogen-bond donors (Lipinski definition) is 0. The van der Waals surface area contributed by atoms with Gasteiger partial charge in [0.1, 0.15) is 5.75 Å². The zero-order valence-electron chi connectivity index (χ0n) is 15.6. The monoisotopic (exact) mass is 400 g/mol. The summed E-state index contributed by atoms with van der Waals surface area (Å²) in [6, 6.07) is 16.6. The van der Waals surface area contributed by atoms with Crippen LogP contribution in [0.2, 0.25) is 5.02 Å². The van der Waals surface area contributed by atoms with Gasteiger partial charge in [0.25, 0.3) is 0 Å². The lowest BCUT2D eigenvalue weighted by Gasteiger charge is -2.18. The summed E-state index contributed by atoms with van der Waals surface area (Å²) in [7, 11) is 0. The molecule has 27 heavy (non-hydrogen) atoms. The van der Waals surface area contributed by atoms with Crippen LogP contribution in [0.4, 0.5) is 0 Å². The molecule has 1 heterocycles. The van der Waals surface area contributed by atoms with Gasteiger partial charge in [0.05, 0.1) is 12.9 Å². The van der Waals surface area contributed by atoms with E-state index >= 15 is 0 Å². The van der Waals surface area contributed by atoms with Crippen LogP contribution in [0.15, 0.2) is 67.3 Å². The fraction of sp³-hybridized carbons (Fsp3) is 0.318. The Labute approximate surface area is 170 Å². The van der Waals surface area contributed by atoms with Crippen molar-refractivity contribution in [3.8, 4) is 5.75 Å². The topological polar surface area (TPSA) is 27.1 Å². The standard InChI is InChI=1S/C22H25ClN2OS/c1-2-3-14-26-21-10-6-19(7-11-21)22(15-25-13-12-24-17-25)27-16-18-4-8-20(23)9-5-18/h4-13,17,22H,2-3,14-16H2,1H3. The number of aromatic nitrogens is 2. The van der Waals surface area contributed by atoms with Gasteiger partial charge in [-0.25, -0.2) is 4.98 Å². The minimum atomic E-state index is 0.333. The molecular formula is C22H25ClN2OS. The molecule has 3 nitrogen and oxygen atoms in total. The first kappa shape index (κ1) is 19.8. The van der Waals surface area contributed by atoms with Crippen LogP contribution in [0.25, 0.3) is 0 Å². The van der Waals surface area contributed by atoms with E-state index in [4.69, 9.17) is 16.3 Å². The van der Waals surface area contributed by atoms with E-state index in [0.717, 1.165) is 42.5 Å². The maximum atomic E-state index is 6.00. The molecule has 3 rings (SSSR count). The van der Waals surface area contributed by atoms with E-state index in [2.05, 4.69) is 52.9 Å². The maximum absolute atomic E-state index is 6.00. The second-order valence-electron chi connectivity index (χ2n) is 6.46. The van der Waals surface area contributed by atoms with E-state index in [9.17, 15) is 0 Å². The predicted octanol–water partition coefficient (Wildman–Crippen LogP) is 6.39. The number of halogens is 1. The molecule has 0 saturated heterocycles. The number of benzene rings is 2. The highest BCUT2D eigenvalue weighted by atomic mass is 35.5. The van der Waals surface area contributed by atoms with Crippen LogP contribution in [0.1, 0.15) is 36.1 Å². The molecule has 5 heteroatoms. The molecule has 0 aliphatic heterocycles. The molecule has 3 aromatic rings. The van der Waals surface area contributed by atoms with Crippen molar-refractivity contribution in [2.75, 3.05) is 6.61 Å². The molecule has 0 spiro atoms. The zero-order chi connectivity index (χ0) is 18.9. The quantitative estimate of drug-likeness (QED) is 0.369. The van der Waals surface area contributed by atoms with Crippen LogP contribution in [0.3, 0.4) is 0 Å². The lowest BCUT2D eigenvalue weighted by Crippen LogP contribution is -2.05. The Bertz CT molecular complexity index is 788. The Morgan fingerprint density at radius 2 is 1.89 bits per heavy atom. The SMILES string of the molecule is CCCCOc1ccc(C(Cn2ccnc2)SCc2ccc(Cl)cc2)cc1. The number of unbranched alkanes of at least 4 members (excludes halogenated alkanes) is 1. The minimum absolute atomic E-state index is 0.333.